The Labute approximate surface area is 151 Å². The maximum absolute atomic E-state index is 13.3. The van der Waals surface area contributed by atoms with Crippen molar-refractivity contribution < 1.29 is 18.7 Å². The Morgan fingerprint density at radius 1 is 1.04 bits per heavy atom. The van der Waals surface area contributed by atoms with E-state index in [-0.39, 0.29) is 22.9 Å². The molecule has 0 bridgehead atoms. The summed E-state index contributed by atoms with van der Waals surface area (Å²) in [4.78, 5) is 32.7. The number of nitrogens with zero attached hydrogens (tertiary/aromatic N) is 2. The number of pyridine rings is 2. The number of anilines is 2. The van der Waals surface area contributed by atoms with Crippen molar-refractivity contribution in [3.8, 4) is 0 Å². The first-order valence-corrected chi connectivity index (χ1v) is 7.97. The molecule has 0 radical (unpaired) electrons. The molecule has 2 rings (SSSR count). The molecule has 0 saturated carbocycles. The summed E-state index contributed by atoms with van der Waals surface area (Å²) in [6.45, 7) is 8.40. The molecule has 0 unspecified atom stereocenters. The largest absolute Gasteiger partial charge is 0.444 e. The van der Waals surface area contributed by atoms with Gasteiger partial charge < -0.3 is 10.1 Å². The van der Waals surface area contributed by atoms with Crippen LogP contribution in [0, 0.1) is 19.7 Å². The van der Waals surface area contributed by atoms with E-state index in [2.05, 4.69) is 20.6 Å². The average Bonchev–Trinajstić information content (AvgIpc) is 2.50. The Morgan fingerprint density at radius 2 is 1.73 bits per heavy atom. The fourth-order valence-electron chi connectivity index (χ4n) is 2.03. The molecular formula is C18H21FN4O3. The summed E-state index contributed by atoms with van der Waals surface area (Å²) < 4.78 is 18.5. The van der Waals surface area contributed by atoms with Crippen LogP contribution in [0.3, 0.4) is 0 Å². The molecule has 2 heterocycles. The van der Waals surface area contributed by atoms with Crippen LogP contribution in [0.25, 0.3) is 0 Å². The molecule has 0 aliphatic rings. The van der Waals surface area contributed by atoms with Crippen LogP contribution in [0.2, 0.25) is 0 Å². The summed E-state index contributed by atoms with van der Waals surface area (Å²) in [6, 6.07) is 5.77. The van der Waals surface area contributed by atoms with Crippen LogP contribution in [-0.2, 0) is 4.74 Å². The van der Waals surface area contributed by atoms with Crippen LogP contribution in [0.1, 0.15) is 42.6 Å². The summed E-state index contributed by atoms with van der Waals surface area (Å²) in [5, 5.41) is 5.06. The van der Waals surface area contributed by atoms with Crippen LogP contribution < -0.4 is 10.6 Å². The zero-order valence-electron chi connectivity index (χ0n) is 15.3. The number of aromatic nitrogens is 2. The van der Waals surface area contributed by atoms with Crippen LogP contribution >= 0.6 is 0 Å². The van der Waals surface area contributed by atoms with E-state index in [0.717, 1.165) is 0 Å². The minimum absolute atomic E-state index is 0.000336. The van der Waals surface area contributed by atoms with Crippen molar-refractivity contribution in [1.82, 2.24) is 9.97 Å². The first kappa shape index (κ1) is 19.3. The first-order valence-electron chi connectivity index (χ1n) is 7.97. The van der Waals surface area contributed by atoms with E-state index in [9.17, 15) is 14.0 Å². The summed E-state index contributed by atoms with van der Waals surface area (Å²) in [6.07, 6.45) is -0.701. The molecule has 0 fully saturated rings. The number of hydrogen-bond donors (Lipinski definition) is 2. The SMILES string of the molecule is Cc1ccc(NC(=O)OC(C)(C)C)c(C(=O)Nc2ccc(F)c(C)n2)n1. The quantitative estimate of drug-likeness (QED) is 0.868. The number of halogens is 1. The van der Waals surface area contributed by atoms with Crippen LogP contribution in [0.15, 0.2) is 24.3 Å². The number of carbonyl (C=O) groups excluding carboxylic acids is 2. The van der Waals surface area contributed by atoms with E-state index in [0.29, 0.717) is 5.69 Å². The van der Waals surface area contributed by atoms with Gasteiger partial charge in [-0.3, -0.25) is 10.1 Å². The number of rotatable bonds is 3. The molecule has 138 valence electrons. The molecule has 0 aromatic carbocycles. The summed E-state index contributed by atoms with van der Waals surface area (Å²) in [5.41, 5.74) is 0.265. The predicted molar refractivity (Wildman–Crippen MR) is 95.7 cm³/mol. The molecule has 0 spiro atoms. The van der Waals surface area contributed by atoms with Crippen molar-refractivity contribution in [1.29, 1.82) is 0 Å². The van der Waals surface area contributed by atoms with Gasteiger partial charge in [-0.25, -0.2) is 19.2 Å². The third kappa shape index (κ3) is 5.23. The lowest BCUT2D eigenvalue weighted by Gasteiger charge is -2.20. The average molecular weight is 360 g/mol. The number of carbonyl (C=O) groups is 2. The molecule has 0 saturated heterocycles. The molecule has 0 aliphatic carbocycles. The van der Waals surface area contributed by atoms with Crippen molar-refractivity contribution in [3.63, 3.8) is 0 Å². The van der Waals surface area contributed by atoms with E-state index in [1.54, 1.807) is 39.8 Å². The maximum atomic E-state index is 13.3. The Hall–Kier alpha value is -3.03. The van der Waals surface area contributed by atoms with Gasteiger partial charge >= 0.3 is 6.09 Å². The third-order valence-electron chi connectivity index (χ3n) is 3.15. The molecule has 2 aromatic heterocycles. The van der Waals surface area contributed by atoms with Crippen LogP contribution in [0.4, 0.5) is 20.7 Å². The molecule has 7 nitrogen and oxygen atoms in total. The maximum Gasteiger partial charge on any atom is 0.412 e. The predicted octanol–water partition coefficient (Wildman–Crippen LogP) is 3.83. The molecule has 0 aliphatic heterocycles. The van der Waals surface area contributed by atoms with Gasteiger partial charge in [0.25, 0.3) is 5.91 Å². The van der Waals surface area contributed by atoms with E-state index in [4.69, 9.17) is 4.74 Å². The van der Waals surface area contributed by atoms with Gasteiger partial charge in [-0.2, -0.15) is 0 Å². The fraction of sp³-hybridized carbons (Fsp3) is 0.333. The molecule has 2 aromatic rings. The number of nitrogens with one attached hydrogen (secondary N) is 2. The van der Waals surface area contributed by atoms with Gasteiger partial charge in [-0.05, 0) is 58.9 Å². The van der Waals surface area contributed by atoms with Gasteiger partial charge in [0, 0.05) is 5.69 Å². The number of aryl methyl sites for hydroxylation is 2. The van der Waals surface area contributed by atoms with Crippen molar-refractivity contribution in [2.45, 2.75) is 40.2 Å². The highest BCUT2D eigenvalue weighted by Gasteiger charge is 2.20. The second kappa shape index (κ2) is 7.47. The van der Waals surface area contributed by atoms with Crippen molar-refractivity contribution in [3.05, 3.63) is 47.2 Å². The zero-order valence-corrected chi connectivity index (χ0v) is 15.3. The number of hydrogen-bond acceptors (Lipinski definition) is 5. The second-order valence-electron chi connectivity index (χ2n) is 6.69. The van der Waals surface area contributed by atoms with E-state index in [1.165, 1.54) is 19.1 Å². The Bertz CT molecular complexity index is 847. The van der Waals surface area contributed by atoms with Gasteiger partial charge in [0.1, 0.15) is 17.2 Å². The lowest BCUT2D eigenvalue weighted by Crippen LogP contribution is -2.28. The molecule has 26 heavy (non-hydrogen) atoms. The van der Waals surface area contributed by atoms with Crippen molar-refractivity contribution >= 4 is 23.5 Å². The Kier molecular flexibility index (Phi) is 5.54. The first-order chi connectivity index (χ1) is 12.0. The highest BCUT2D eigenvalue weighted by atomic mass is 19.1. The van der Waals surface area contributed by atoms with Gasteiger partial charge in [-0.1, -0.05) is 0 Å². The minimum Gasteiger partial charge on any atom is -0.444 e. The van der Waals surface area contributed by atoms with Crippen LogP contribution in [0.5, 0.6) is 0 Å². The Morgan fingerprint density at radius 3 is 2.35 bits per heavy atom. The molecule has 2 N–H and O–H groups in total. The van der Waals surface area contributed by atoms with Gasteiger partial charge in [-0.15, -0.1) is 0 Å². The summed E-state index contributed by atoms with van der Waals surface area (Å²) >= 11 is 0. The summed E-state index contributed by atoms with van der Waals surface area (Å²) in [5.74, 6) is -0.873. The minimum atomic E-state index is -0.701. The second-order valence-corrected chi connectivity index (χ2v) is 6.69. The van der Waals surface area contributed by atoms with E-state index in [1.807, 2.05) is 0 Å². The zero-order chi connectivity index (χ0) is 19.5. The van der Waals surface area contributed by atoms with E-state index < -0.39 is 23.4 Å². The van der Waals surface area contributed by atoms with Crippen LogP contribution in [-0.4, -0.2) is 27.6 Å². The topological polar surface area (TPSA) is 93.2 Å². The highest BCUT2D eigenvalue weighted by Crippen LogP contribution is 2.18. The normalized spacial score (nSPS) is 11.0. The third-order valence-corrected chi connectivity index (χ3v) is 3.15. The molecule has 8 heteroatoms. The monoisotopic (exact) mass is 360 g/mol. The van der Waals surface area contributed by atoms with Gasteiger partial charge in [0.05, 0.1) is 11.4 Å². The van der Waals surface area contributed by atoms with Crippen molar-refractivity contribution in [2.24, 2.45) is 0 Å². The molecule has 2 amide bonds. The Balaban J connectivity index is 2.24. The number of ether oxygens (including phenoxy) is 1. The number of amides is 2. The van der Waals surface area contributed by atoms with Gasteiger partial charge in [0.15, 0.2) is 5.69 Å². The van der Waals surface area contributed by atoms with Crippen molar-refractivity contribution in [2.75, 3.05) is 10.6 Å². The van der Waals surface area contributed by atoms with Gasteiger partial charge in [0.2, 0.25) is 0 Å². The molecular weight excluding hydrogens is 339 g/mol. The summed E-state index contributed by atoms with van der Waals surface area (Å²) in [7, 11) is 0. The molecule has 0 atom stereocenters. The lowest BCUT2D eigenvalue weighted by molar-refractivity contribution is 0.0636. The standard InChI is InChI=1S/C18H21FN4O3/c1-10-6-8-13(22-17(25)26-18(3,4)5)15(20-10)16(24)23-14-9-7-12(19)11(2)21-14/h6-9H,1-5H3,(H,22,25)(H,21,23,24). The lowest BCUT2D eigenvalue weighted by atomic mass is 10.2. The highest BCUT2D eigenvalue weighted by molar-refractivity contribution is 6.07. The smallest absolute Gasteiger partial charge is 0.412 e. The van der Waals surface area contributed by atoms with E-state index >= 15 is 0 Å². The fourth-order valence-corrected chi connectivity index (χ4v) is 2.03.